The fraction of sp³-hybridized carbons (Fsp3) is 0.133. The lowest BCUT2D eigenvalue weighted by atomic mass is 10.2. The van der Waals surface area contributed by atoms with Crippen LogP contribution in [-0.4, -0.2) is 24.2 Å². The molecule has 1 heterocycles. The Bertz CT molecular complexity index is 676. The second-order valence-electron chi connectivity index (χ2n) is 4.23. The van der Waals surface area contributed by atoms with E-state index in [-0.39, 0.29) is 18.0 Å². The number of benzene rings is 1. The van der Waals surface area contributed by atoms with Gasteiger partial charge in [-0.2, -0.15) is 0 Å². The highest BCUT2D eigenvalue weighted by molar-refractivity contribution is 9.10. The Hall–Kier alpha value is -2.41. The molecule has 0 bridgehead atoms. The van der Waals surface area contributed by atoms with Crippen molar-refractivity contribution in [3.8, 4) is 0 Å². The van der Waals surface area contributed by atoms with Crippen LogP contribution in [-0.2, 0) is 16.1 Å². The number of hydrogen-bond acceptors (Lipinski definition) is 5. The number of halogens is 1. The number of rotatable bonds is 4. The van der Waals surface area contributed by atoms with Gasteiger partial charge in [-0.25, -0.2) is 14.6 Å². The molecule has 2 aromatic rings. The summed E-state index contributed by atoms with van der Waals surface area (Å²) in [7, 11) is 1.28. The summed E-state index contributed by atoms with van der Waals surface area (Å²) in [6.45, 7) is 0.157. The zero-order valence-electron chi connectivity index (χ0n) is 11.7. The number of amides is 1. The maximum atomic E-state index is 11.7. The number of carbonyl (C=O) groups excluding carboxylic acids is 2. The van der Waals surface area contributed by atoms with E-state index in [1.807, 2.05) is 30.3 Å². The van der Waals surface area contributed by atoms with Crippen molar-refractivity contribution in [1.82, 2.24) is 4.98 Å². The lowest BCUT2D eigenvalue weighted by Crippen LogP contribution is -2.15. The minimum absolute atomic E-state index is 0.157. The van der Waals surface area contributed by atoms with Crippen LogP contribution >= 0.6 is 15.9 Å². The Morgan fingerprint density at radius 3 is 2.64 bits per heavy atom. The molecule has 6 nitrogen and oxygen atoms in total. The molecule has 1 amide bonds. The molecule has 0 unspecified atom stereocenters. The number of methoxy groups -OCH3 is 1. The Balaban J connectivity index is 1.95. The van der Waals surface area contributed by atoms with Crippen LogP contribution in [0.5, 0.6) is 0 Å². The molecular weight excluding hydrogens is 352 g/mol. The van der Waals surface area contributed by atoms with E-state index >= 15 is 0 Å². The molecule has 0 aliphatic rings. The first-order chi connectivity index (χ1) is 10.6. The zero-order valence-corrected chi connectivity index (χ0v) is 13.3. The van der Waals surface area contributed by atoms with E-state index in [4.69, 9.17) is 4.74 Å². The largest absolute Gasteiger partial charge is 0.465 e. The summed E-state index contributed by atoms with van der Waals surface area (Å²) in [5.74, 6) is -0.253. The highest BCUT2D eigenvalue weighted by Gasteiger charge is 2.12. The maximum absolute atomic E-state index is 11.7. The third-order valence-corrected chi connectivity index (χ3v) is 3.30. The van der Waals surface area contributed by atoms with Crippen molar-refractivity contribution in [2.45, 2.75) is 6.61 Å². The van der Waals surface area contributed by atoms with Crippen molar-refractivity contribution in [3.05, 3.63) is 58.2 Å². The second kappa shape index (κ2) is 7.56. The molecule has 1 N–H and O–H groups in total. The van der Waals surface area contributed by atoms with E-state index < -0.39 is 12.1 Å². The monoisotopic (exact) mass is 364 g/mol. The molecule has 22 heavy (non-hydrogen) atoms. The standard InChI is InChI=1S/C15H13BrN2O4/c1-21-14(19)11-7-12(16)13(17-8-11)18-15(20)22-9-10-5-3-2-4-6-10/h2-8H,9H2,1H3,(H,17,18,20). The van der Waals surface area contributed by atoms with Crippen LogP contribution in [0, 0.1) is 0 Å². The summed E-state index contributed by atoms with van der Waals surface area (Å²) in [4.78, 5) is 27.1. The molecule has 0 fully saturated rings. The van der Waals surface area contributed by atoms with E-state index in [1.54, 1.807) is 0 Å². The Labute approximate surface area is 135 Å². The fourth-order valence-electron chi connectivity index (χ4n) is 1.62. The highest BCUT2D eigenvalue weighted by Crippen LogP contribution is 2.21. The van der Waals surface area contributed by atoms with E-state index in [9.17, 15) is 9.59 Å². The first-order valence-electron chi connectivity index (χ1n) is 6.31. The quantitative estimate of drug-likeness (QED) is 0.841. The molecule has 7 heteroatoms. The third-order valence-electron chi connectivity index (χ3n) is 2.70. The summed E-state index contributed by atoms with van der Waals surface area (Å²) in [5.41, 5.74) is 1.16. The SMILES string of the molecule is COC(=O)c1cnc(NC(=O)OCc2ccccc2)c(Br)c1. The average molecular weight is 365 g/mol. The smallest absolute Gasteiger partial charge is 0.413 e. The van der Waals surface area contributed by atoms with Gasteiger partial charge in [-0.1, -0.05) is 30.3 Å². The van der Waals surface area contributed by atoms with Crippen molar-refractivity contribution in [2.75, 3.05) is 12.4 Å². The van der Waals surface area contributed by atoms with E-state index in [1.165, 1.54) is 19.4 Å². The minimum Gasteiger partial charge on any atom is -0.465 e. The zero-order chi connectivity index (χ0) is 15.9. The number of pyridine rings is 1. The van der Waals surface area contributed by atoms with Gasteiger partial charge in [0, 0.05) is 6.20 Å². The van der Waals surface area contributed by atoms with Crippen LogP contribution in [0.3, 0.4) is 0 Å². The van der Waals surface area contributed by atoms with Gasteiger partial charge in [0.25, 0.3) is 0 Å². The van der Waals surface area contributed by atoms with E-state index in [0.717, 1.165) is 5.56 Å². The molecule has 0 aliphatic heterocycles. The van der Waals surface area contributed by atoms with Crippen LogP contribution < -0.4 is 5.32 Å². The summed E-state index contributed by atoms with van der Waals surface area (Å²) >= 11 is 3.23. The normalized spacial score (nSPS) is 9.91. The van der Waals surface area contributed by atoms with Crippen LogP contribution in [0.15, 0.2) is 47.1 Å². The van der Waals surface area contributed by atoms with Gasteiger partial charge in [0.2, 0.25) is 0 Å². The molecular formula is C15H13BrN2O4. The molecule has 0 saturated heterocycles. The van der Waals surface area contributed by atoms with Gasteiger partial charge in [-0.15, -0.1) is 0 Å². The van der Waals surface area contributed by atoms with Gasteiger partial charge in [0.1, 0.15) is 12.4 Å². The third kappa shape index (κ3) is 4.29. The van der Waals surface area contributed by atoms with Gasteiger partial charge < -0.3 is 9.47 Å². The molecule has 0 radical (unpaired) electrons. The average Bonchev–Trinajstić information content (AvgIpc) is 2.55. The number of carbonyl (C=O) groups is 2. The summed E-state index contributed by atoms with van der Waals surface area (Å²) in [5, 5.41) is 2.49. The summed E-state index contributed by atoms with van der Waals surface area (Å²) in [6.07, 6.45) is 0.673. The number of nitrogens with zero attached hydrogens (tertiary/aromatic N) is 1. The maximum Gasteiger partial charge on any atom is 0.413 e. The molecule has 0 atom stereocenters. The van der Waals surface area contributed by atoms with Crippen molar-refractivity contribution >= 4 is 33.8 Å². The molecule has 0 aliphatic carbocycles. The molecule has 114 valence electrons. The summed E-state index contributed by atoms with van der Waals surface area (Å²) in [6, 6.07) is 10.8. The van der Waals surface area contributed by atoms with Gasteiger partial charge in [0.15, 0.2) is 0 Å². The van der Waals surface area contributed by atoms with E-state index in [2.05, 4.69) is 31.0 Å². The van der Waals surface area contributed by atoms with Gasteiger partial charge in [0.05, 0.1) is 17.1 Å². The van der Waals surface area contributed by atoms with Crippen LogP contribution in [0.2, 0.25) is 0 Å². The predicted octanol–water partition coefficient (Wildman–Crippen LogP) is 3.38. The fourth-order valence-corrected chi connectivity index (χ4v) is 2.06. The van der Waals surface area contributed by atoms with Crippen LogP contribution in [0.1, 0.15) is 15.9 Å². The number of aromatic nitrogens is 1. The highest BCUT2D eigenvalue weighted by atomic mass is 79.9. The molecule has 0 saturated carbocycles. The molecule has 1 aromatic carbocycles. The Morgan fingerprint density at radius 2 is 2.00 bits per heavy atom. The number of nitrogens with one attached hydrogen (secondary N) is 1. The van der Waals surface area contributed by atoms with Crippen LogP contribution in [0.25, 0.3) is 0 Å². The lowest BCUT2D eigenvalue weighted by Gasteiger charge is -2.08. The first-order valence-corrected chi connectivity index (χ1v) is 7.11. The number of hydrogen-bond donors (Lipinski definition) is 1. The van der Waals surface area contributed by atoms with Crippen molar-refractivity contribution in [3.63, 3.8) is 0 Å². The van der Waals surface area contributed by atoms with Crippen molar-refractivity contribution < 1.29 is 19.1 Å². The van der Waals surface area contributed by atoms with Gasteiger partial charge in [-0.3, -0.25) is 5.32 Å². The van der Waals surface area contributed by atoms with Gasteiger partial charge >= 0.3 is 12.1 Å². The number of esters is 1. The summed E-state index contributed by atoms with van der Waals surface area (Å²) < 4.78 is 10.1. The topological polar surface area (TPSA) is 77.5 Å². The Morgan fingerprint density at radius 1 is 1.27 bits per heavy atom. The minimum atomic E-state index is -0.636. The lowest BCUT2D eigenvalue weighted by molar-refractivity contribution is 0.0600. The molecule has 0 spiro atoms. The number of ether oxygens (including phenoxy) is 2. The van der Waals surface area contributed by atoms with Gasteiger partial charge in [-0.05, 0) is 27.6 Å². The first kappa shape index (κ1) is 16.0. The van der Waals surface area contributed by atoms with E-state index in [0.29, 0.717) is 4.47 Å². The number of anilines is 1. The predicted molar refractivity (Wildman–Crippen MR) is 83.5 cm³/mol. The second-order valence-corrected chi connectivity index (χ2v) is 5.09. The Kier molecular flexibility index (Phi) is 5.48. The van der Waals surface area contributed by atoms with Crippen molar-refractivity contribution in [2.24, 2.45) is 0 Å². The van der Waals surface area contributed by atoms with Crippen LogP contribution in [0.4, 0.5) is 10.6 Å². The molecule has 1 aromatic heterocycles. The van der Waals surface area contributed by atoms with Crippen molar-refractivity contribution in [1.29, 1.82) is 0 Å². The molecule has 2 rings (SSSR count).